The van der Waals surface area contributed by atoms with Crippen LogP contribution in [0.2, 0.25) is 0 Å². The predicted octanol–water partition coefficient (Wildman–Crippen LogP) is 3.71. The van der Waals surface area contributed by atoms with Crippen LogP contribution < -0.4 is 10.5 Å². The van der Waals surface area contributed by atoms with Crippen molar-refractivity contribution < 1.29 is 19.1 Å². The van der Waals surface area contributed by atoms with E-state index in [9.17, 15) is 9.59 Å². The number of nitrogens with zero attached hydrogens (tertiary/aromatic N) is 1. The number of aryl methyl sites for hydroxylation is 2. The quantitative estimate of drug-likeness (QED) is 0.617. The maximum atomic E-state index is 13.3. The lowest BCUT2D eigenvalue weighted by molar-refractivity contribution is -0.142. The van der Waals surface area contributed by atoms with Gasteiger partial charge in [0.1, 0.15) is 12.4 Å². The van der Waals surface area contributed by atoms with Crippen LogP contribution in [-0.2, 0) is 9.53 Å². The molecule has 0 spiro atoms. The van der Waals surface area contributed by atoms with Crippen LogP contribution in [0.25, 0.3) is 5.57 Å². The third-order valence-corrected chi connectivity index (χ3v) is 5.21. The summed E-state index contributed by atoms with van der Waals surface area (Å²) in [5.41, 5.74) is 11.0. The molecule has 0 aliphatic carbocycles. The number of esters is 1. The molecule has 1 amide bonds. The Morgan fingerprint density at radius 2 is 1.79 bits per heavy atom. The van der Waals surface area contributed by atoms with Gasteiger partial charge in [-0.15, -0.1) is 0 Å². The van der Waals surface area contributed by atoms with E-state index in [2.05, 4.69) is 0 Å². The van der Waals surface area contributed by atoms with E-state index in [-0.39, 0.29) is 24.5 Å². The third-order valence-electron chi connectivity index (χ3n) is 5.21. The molecule has 1 aliphatic heterocycles. The number of hydrogen-bond acceptors (Lipinski definition) is 5. The molecule has 6 nitrogen and oxygen atoms in total. The fraction of sp³-hybridized carbons (Fsp3) is 0.304. The van der Waals surface area contributed by atoms with Crippen molar-refractivity contribution >= 4 is 23.1 Å². The van der Waals surface area contributed by atoms with Gasteiger partial charge in [0.25, 0.3) is 5.91 Å². The molecule has 1 heterocycles. The normalized spacial score (nSPS) is 15.8. The maximum Gasteiger partial charge on any atom is 0.302 e. The lowest BCUT2D eigenvalue weighted by Gasteiger charge is -2.24. The summed E-state index contributed by atoms with van der Waals surface area (Å²) in [6, 6.07) is 11.0. The largest absolute Gasteiger partial charge is 0.497 e. The van der Waals surface area contributed by atoms with Gasteiger partial charge < -0.3 is 20.1 Å². The third kappa shape index (κ3) is 4.42. The molecule has 0 radical (unpaired) electrons. The van der Waals surface area contributed by atoms with Crippen molar-refractivity contribution in [1.29, 1.82) is 0 Å². The highest BCUT2D eigenvalue weighted by molar-refractivity contribution is 6.01. The number of methoxy groups -OCH3 is 1. The molecule has 0 unspecified atom stereocenters. The minimum absolute atomic E-state index is 0.127. The smallest absolute Gasteiger partial charge is 0.302 e. The predicted molar refractivity (Wildman–Crippen MR) is 113 cm³/mol. The summed E-state index contributed by atoms with van der Waals surface area (Å²) in [5, 5.41) is 0. The van der Waals surface area contributed by atoms with Gasteiger partial charge >= 0.3 is 5.97 Å². The molecular weight excluding hydrogens is 368 g/mol. The zero-order valence-corrected chi connectivity index (χ0v) is 17.2. The molecule has 3 rings (SSSR count). The standard InChI is InChI=1S/C23H26N2O4/c1-14-9-21(22(24)10-15(14)2)23(27)25-12-18(11-19(25)13-29-16(3)26)17-5-7-20(28-4)8-6-17/h5-10,12,19H,11,13,24H2,1-4H3/t19-/m0/s1. The van der Waals surface area contributed by atoms with Gasteiger partial charge in [-0.3, -0.25) is 9.59 Å². The minimum atomic E-state index is -0.374. The van der Waals surface area contributed by atoms with Crippen molar-refractivity contribution in [2.24, 2.45) is 0 Å². The average Bonchev–Trinajstić information content (AvgIpc) is 3.13. The zero-order valence-electron chi connectivity index (χ0n) is 17.2. The Labute approximate surface area is 170 Å². The van der Waals surface area contributed by atoms with Gasteiger partial charge in [0, 0.05) is 18.8 Å². The number of carbonyl (C=O) groups excluding carboxylic acids is 2. The summed E-state index contributed by atoms with van der Waals surface area (Å²) in [5.74, 6) is 0.187. The highest BCUT2D eigenvalue weighted by Gasteiger charge is 2.32. The SMILES string of the molecule is COc1ccc(C2=CN(C(=O)c3cc(C)c(C)cc3N)[C@H](COC(C)=O)C2)cc1. The Bertz CT molecular complexity index is 964. The first-order valence-electron chi connectivity index (χ1n) is 9.48. The number of amides is 1. The number of nitrogens with two attached hydrogens (primary N) is 1. The fourth-order valence-electron chi connectivity index (χ4n) is 3.42. The van der Waals surface area contributed by atoms with Crippen LogP contribution in [0.3, 0.4) is 0 Å². The van der Waals surface area contributed by atoms with E-state index < -0.39 is 0 Å². The van der Waals surface area contributed by atoms with Crippen molar-refractivity contribution in [2.75, 3.05) is 19.5 Å². The van der Waals surface area contributed by atoms with Crippen LogP contribution in [0, 0.1) is 13.8 Å². The maximum absolute atomic E-state index is 13.3. The van der Waals surface area contributed by atoms with E-state index in [1.807, 2.05) is 56.4 Å². The average molecular weight is 394 g/mol. The van der Waals surface area contributed by atoms with Crippen LogP contribution in [0.15, 0.2) is 42.6 Å². The summed E-state index contributed by atoms with van der Waals surface area (Å²) in [4.78, 5) is 26.3. The highest BCUT2D eigenvalue weighted by Crippen LogP contribution is 2.33. The van der Waals surface area contributed by atoms with Crippen LogP contribution in [0.4, 0.5) is 5.69 Å². The molecule has 2 N–H and O–H groups in total. The number of anilines is 1. The van der Waals surface area contributed by atoms with Crippen molar-refractivity contribution in [3.05, 3.63) is 64.9 Å². The highest BCUT2D eigenvalue weighted by atomic mass is 16.5. The molecule has 2 aromatic rings. The molecular formula is C23H26N2O4. The number of ether oxygens (including phenoxy) is 2. The first-order valence-corrected chi connectivity index (χ1v) is 9.48. The van der Waals surface area contributed by atoms with E-state index in [0.717, 1.165) is 28.0 Å². The second kappa shape index (κ2) is 8.39. The molecule has 0 saturated heterocycles. The van der Waals surface area contributed by atoms with E-state index in [4.69, 9.17) is 15.2 Å². The van der Waals surface area contributed by atoms with Gasteiger partial charge in [-0.2, -0.15) is 0 Å². The molecule has 29 heavy (non-hydrogen) atoms. The van der Waals surface area contributed by atoms with Crippen molar-refractivity contribution in [1.82, 2.24) is 4.90 Å². The van der Waals surface area contributed by atoms with Crippen LogP contribution in [-0.4, -0.2) is 36.5 Å². The zero-order chi connectivity index (χ0) is 21.1. The van der Waals surface area contributed by atoms with E-state index in [1.54, 1.807) is 12.0 Å². The Balaban J connectivity index is 1.94. The summed E-state index contributed by atoms with van der Waals surface area (Å²) < 4.78 is 10.4. The molecule has 1 atom stereocenters. The van der Waals surface area contributed by atoms with Gasteiger partial charge in [0.15, 0.2) is 0 Å². The minimum Gasteiger partial charge on any atom is -0.497 e. The van der Waals surface area contributed by atoms with E-state index in [0.29, 0.717) is 17.7 Å². The van der Waals surface area contributed by atoms with Gasteiger partial charge in [-0.05, 0) is 66.8 Å². The molecule has 2 aromatic carbocycles. The van der Waals surface area contributed by atoms with Gasteiger partial charge in [0.2, 0.25) is 0 Å². The van der Waals surface area contributed by atoms with Crippen LogP contribution in [0.5, 0.6) is 5.75 Å². The van der Waals surface area contributed by atoms with Crippen LogP contribution in [0.1, 0.15) is 40.4 Å². The summed E-state index contributed by atoms with van der Waals surface area (Å²) in [6.07, 6.45) is 2.41. The molecule has 0 bridgehead atoms. The molecule has 6 heteroatoms. The Hall–Kier alpha value is -3.28. The number of benzene rings is 2. The Kier molecular flexibility index (Phi) is 5.92. The van der Waals surface area contributed by atoms with Crippen LogP contribution >= 0.6 is 0 Å². The number of nitrogen functional groups attached to an aromatic ring is 1. The monoisotopic (exact) mass is 394 g/mol. The van der Waals surface area contributed by atoms with Crippen molar-refractivity contribution in [3.8, 4) is 5.75 Å². The Morgan fingerprint density at radius 1 is 1.14 bits per heavy atom. The number of carbonyl (C=O) groups is 2. The van der Waals surface area contributed by atoms with Crippen molar-refractivity contribution in [2.45, 2.75) is 33.2 Å². The Morgan fingerprint density at radius 3 is 2.41 bits per heavy atom. The van der Waals surface area contributed by atoms with E-state index >= 15 is 0 Å². The summed E-state index contributed by atoms with van der Waals surface area (Å²) in [7, 11) is 1.62. The molecule has 152 valence electrons. The summed E-state index contributed by atoms with van der Waals surface area (Å²) in [6.45, 7) is 5.40. The molecule has 1 aliphatic rings. The van der Waals surface area contributed by atoms with Gasteiger partial charge in [-0.1, -0.05) is 12.1 Å². The van der Waals surface area contributed by atoms with Gasteiger partial charge in [0.05, 0.1) is 18.7 Å². The lowest BCUT2D eigenvalue weighted by atomic mass is 10.0. The number of hydrogen-bond donors (Lipinski definition) is 1. The van der Waals surface area contributed by atoms with E-state index in [1.165, 1.54) is 6.92 Å². The first kappa shape index (κ1) is 20.5. The first-order chi connectivity index (χ1) is 13.8. The topological polar surface area (TPSA) is 81.9 Å². The lowest BCUT2D eigenvalue weighted by Crippen LogP contribution is -2.37. The second-order valence-electron chi connectivity index (χ2n) is 7.28. The van der Waals surface area contributed by atoms with Crippen molar-refractivity contribution in [3.63, 3.8) is 0 Å². The fourth-order valence-corrected chi connectivity index (χ4v) is 3.42. The molecule has 0 aromatic heterocycles. The summed E-state index contributed by atoms with van der Waals surface area (Å²) >= 11 is 0. The molecule has 0 saturated carbocycles. The number of rotatable bonds is 5. The second-order valence-corrected chi connectivity index (χ2v) is 7.28. The molecule has 0 fully saturated rings. The van der Waals surface area contributed by atoms with Gasteiger partial charge in [-0.25, -0.2) is 0 Å².